The van der Waals surface area contributed by atoms with E-state index in [9.17, 15) is 9.59 Å². The SMILES string of the molecule is O=C(Nc1cc(Cl)ccc1NC(=O)C1CC(c2ccccc2)=NO1)c1ccco1. The van der Waals surface area contributed by atoms with Crippen LogP contribution in [0.2, 0.25) is 5.02 Å². The zero-order valence-corrected chi connectivity index (χ0v) is 15.8. The van der Waals surface area contributed by atoms with Crippen LogP contribution in [-0.4, -0.2) is 23.6 Å². The summed E-state index contributed by atoms with van der Waals surface area (Å²) in [6, 6.07) is 17.4. The Kier molecular flexibility index (Phi) is 5.31. The number of amides is 2. The molecule has 1 aromatic heterocycles. The molecule has 0 saturated heterocycles. The van der Waals surface area contributed by atoms with Gasteiger partial charge in [0.05, 0.1) is 23.3 Å². The predicted octanol–water partition coefficient (Wildman–Crippen LogP) is 4.32. The second kappa shape index (κ2) is 8.20. The Balaban J connectivity index is 1.45. The maximum absolute atomic E-state index is 12.7. The molecule has 2 aromatic carbocycles. The first-order valence-electron chi connectivity index (χ1n) is 8.83. The van der Waals surface area contributed by atoms with Crippen molar-refractivity contribution in [2.75, 3.05) is 10.6 Å². The van der Waals surface area contributed by atoms with Crippen LogP contribution >= 0.6 is 11.6 Å². The minimum absolute atomic E-state index is 0.141. The summed E-state index contributed by atoms with van der Waals surface area (Å²) in [5, 5.41) is 9.87. The van der Waals surface area contributed by atoms with Gasteiger partial charge < -0.3 is 19.9 Å². The van der Waals surface area contributed by atoms with Gasteiger partial charge in [-0.3, -0.25) is 9.59 Å². The lowest BCUT2D eigenvalue weighted by atomic mass is 10.0. The van der Waals surface area contributed by atoms with Crippen molar-refractivity contribution in [3.05, 3.63) is 83.3 Å². The maximum atomic E-state index is 12.7. The molecule has 7 nitrogen and oxygen atoms in total. The van der Waals surface area contributed by atoms with E-state index >= 15 is 0 Å². The van der Waals surface area contributed by atoms with Crippen molar-refractivity contribution in [2.24, 2.45) is 5.16 Å². The first-order chi connectivity index (χ1) is 14.1. The first kappa shape index (κ1) is 18.8. The molecule has 0 spiro atoms. The maximum Gasteiger partial charge on any atom is 0.291 e. The van der Waals surface area contributed by atoms with E-state index in [1.54, 1.807) is 24.3 Å². The number of halogens is 1. The molecule has 1 atom stereocenters. The van der Waals surface area contributed by atoms with Crippen LogP contribution in [0.15, 0.2) is 76.5 Å². The minimum atomic E-state index is -0.769. The van der Waals surface area contributed by atoms with Crippen molar-refractivity contribution in [1.29, 1.82) is 0 Å². The third-order valence-electron chi connectivity index (χ3n) is 4.30. The molecule has 2 N–H and O–H groups in total. The molecule has 2 heterocycles. The lowest BCUT2D eigenvalue weighted by molar-refractivity contribution is -0.125. The first-order valence-corrected chi connectivity index (χ1v) is 9.21. The van der Waals surface area contributed by atoms with Gasteiger partial charge in [0.1, 0.15) is 0 Å². The number of hydrogen-bond donors (Lipinski definition) is 2. The number of oxime groups is 1. The molecule has 1 aliphatic rings. The summed E-state index contributed by atoms with van der Waals surface area (Å²) in [6.07, 6.45) is 0.976. The Labute approximate surface area is 171 Å². The topological polar surface area (TPSA) is 92.9 Å². The number of nitrogens with zero attached hydrogens (tertiary/aromatic N) is 1. The van der Waals surface area contributed by atoms with E-state index in [1.165, 1.54) is 12.3 Å². The van der Waals surface area contributed by atoms with Crippen LogP contribution in [0.5, 0.6) is 0 Å². The summed E-state index contributed by atoms with van der Waals surface area (Å²) in [5.74, 6) is -0.697. The molecule has 8 heteroatoms. The van der Waals surface area contributed by atoms with Crippen LogP contribution in [0, 0.1) is 0 Å². The predicted molar refractivity (Wildman–Crippen MR) is 109 cm³/mol. The average molecular weight is 410 g/mol. The summed E-state index contributed by atoms with van der Waals surface area (Å²) in [4.78, 5) is 30.3. The molecule has 0 saturated carbocycles. The van der Waals surface area contributed by atoms with Gasteiger partial charge in [0, 0.05) is 11.4 Å². The highest BCUT2D eigenvalue weighted by atomic mass is 35.5. The monoisotopic (exact) mass is 409 g/mol. The van der Waals surface area contributed by atoms with Crippen LogP contribution in [0.4, 0.5) is 11.4 Å². The number of anilines is 2. The van der Waals surface area contributed by atoms with Crippen molar-refractivity contribution in [3.8, 4) is 0 Å². The van der Waals surface area contributed by atoms with Gasteiger partial charge >= 0.3 is 0 Å². The fraction of sp³-hybridized carbons (Fsp3) is 0.0952. The largest absolute Gasteiger partial charge is 0.459 e. The highest BCUT2D eigenvalue weighted by molar-refractivity contribution is 6.31. The molecule has 0 aliphatic carbocycles. The van der Waals surface area contributed by atoms with Crippen LogP contribution in [0.1, 0.15) is 22.5 Å². The summed E-state index contributed by atoms with van der Waals surface area (Å²) < 4.78 is 5.09. The fourth-order valence-corrected chi connectivity index (χ4v) is 3.02. The standard InChI is InChI=1S/C21H16ClN3O4/c22-14-8-9-15(17(11-14)24-20(26)18-7-4-10-28-18)23-21(27)19-12-16(25-29-19)13-5-2-1-3-6-13/h1-11,19H,12H2,(H,23,27)(H,24,26). The number of carbonyl (C=O) groups excluding carboxylic acids is 2. The lowest BCUT2D eigenvalue weighted by Gasteiger charge is -2.14. The minimum Gasteiger partial charge on any atom is -0.459 e. The Morgan fingerprint density at radius 3 is 2.59 bits per heavy atom. The zero-order chi connectivity index (χ0) is 20.2. The molecule has 146 valence electrons. The Morgan fingerprint density at radius 1 is 1.00 bits per heavy atom. The van der Waals surface area contributed by atoms with Crippen LogP contribution in [0.3, 0.4) is 0 Å². The normalized spacial score (nSPS) is 15.3. The van der Waals surface area contributed by atoms with E-state index in [0.29, 0.717) is 28.5 Å². The molecular weight excluding hydrogens is 394 g/mol. The second-order valence-corrected chi connectivity index (χ2v) is 6.75. The van der Waals surface area contributed by atoms with E-state index in [-0.39, 0.29) is 11.7 Å². The molecule has 29 heavy (non-hydrogen) atoms. The second-order valence-electron chi connectivity index (χ2n) is 6.31. The molecule has 1 aliphatic heterocycles. The smallest absolute Gasteiger partial charge is 0.291 e. The van der Waals surface area contributed by atoms with Crippen molar-refractivity contribution in [3.63, 3.8) is 0 Å². The highest BCUT2D eigenvalue weighted by Crippen LogP contribution is 2.27. The van der Waals surface area contributed by atoms with E-state index < -0.39 is 12.0 Å². The van der Waals surface area contributed by atoms with E-state index in [4.69, 9.17) is 20.9 Å². The summed E-state index contributed by atoms with van der Waals surface area (Å²) in [5.41, 5.74) is 2.33. The van der Waals surface area contributed by atoms with E-state index in [0.717, 1.165) is 5.56 Å². The number of rotatable bonds is 5. The number of nitrogens with one attached hydrogen (secondary N) is 2. The van der Waals surface area contributed by atoms with Gasteiger partial charge in [-0.2, -0.15) is 0 Å². The molecule has 0 bridgehead atoms. The van der Waals surface area contributed by atoms with Crippen molar-refractivity contribution in [1.82, 2.24) is 0 Å². The van der Waals surface area contributed by atoms with Crippen molar-refractivity contribution >= 4 is 40.5 Å². The van der Waals surface area contributed by atoms with Gasteiger partial charge in [-0.25, -0.2) is 0 Å². The van der Waals surface area contributed by atoms with Crippen LogP contribution in [-0.2, 0) is 9.63 Å². The summed E-state index contributed by atoms with van der Waals surface area (Å²) in [6.45, 7) is 0. The van der Waals surface area contributed by atoms with Crippen molar-refractivity contribution in [2.45, 2.75) is 12.5 Å². The Bertz CT molecular complexity index is 1060. The van der Waals surface area contributed by atoms with Gasteiger partial charge in [0.15, 0.2) is 5.76 Å². The molecule has 3 aromatic rings. The summed E-state index contributed by atoms with van der Waals surface area (Å²) in [7, 11) is 0. The van der Waals surface area contributed by atoms with Crippen LogP contribution < -0.4 is 10.6 Å². The van der Waals surface area contributed by atoms with E-state index in [2.05, 4.69) is 15.8 Å². The highest BCUT2D eigenvalue weighted by Gasteiger charge is 2.29. The third-order valence-corrected chi connectivity index (χ3v) is 4.54. The van der Waals surface area contributed by atoms with Crippen LogP contribution in [0.25, 0.3) is 0 Å². The number of furan rings is 1. The Hall–Kier alpha value is -3.58. The molecule has 0 radical (unpaired) electrons. The number of carbonyl (C=O) groups is 2. The molecule has 4 rings (SSSR count). The number of hydrogen-bond acceptors (Lipinski definition) is 5. The molecule has 2 amide bonds. The summed E-state index contributed by atoms with van der Waals surface area (Å²) >= 11 is 6.05. The van der Waals surface area contributed by atoms with Gasteiger partial charge in [-0.15, -0.1) is 0 Å². The lowest BCUT2D eigenvalue weighted by Crippen LogP contribution is -2.28. The molecule has 1 unspecified atom stereocenters. The average Bonchev–Trinajstić information content (AvgIpc) is 3.43. The number of benzene rings is 2. The zero-order valence-electron chi connectivity index (χ0n) is 15.1. The molecular formula is C21H16ClN3O4. The van der Waals surface area contributed by atoms with E-state index in [1.807, 2.05) is 30.3 Å². The van der Waals surface area contributed by atoms with Gasteiger partial charge in [-0.05, 0) is 35.9 Å². The fourth-order valence-electron chi connectivity index (χ4n) is 2.85. The quantitative estimate of drug-likeness (QED) is 0.656. The van der Waals surface area contributed by atoms with Gasteiger partial charge in [0.2, 0.25) is 6.10 Å². The Morgan fingerprint density at radius 2 is 1.83 bits per heavy atom. The molecule has 0 fully saturated rings. The van der Waals surface area contributed by atoms with Gasteiger partial charge in [0.25, 0.3) is 11.8 Å². The van der Waals surface area contributed by atoms with Crippen molar-refractivity contribution < 1.29 is 18.8 Å². The van der Waals surface area contributed by atoms with Gasteiger partial charge in [-0.1, -0.05) is 47.1 Å². The third kappa shape index (κ3) is 4.30.